The minimum Gasteiger partial charge on any atom is -0.488 e. The number of carbonyl (C=O) groups excluding carboxylic acids is 1. The van der Waals surface area contributed by atoms with Crippen molar-refractivity contribution in [2.45, 2.75) is 58.5 Å². The van der Waals surface area contributed by atoms with Gasteiger partial charge in [-0.15, -0.1) is 0 Å². The molecule has 1 aromatic heterocycles. The second-order valence-electron chi connectivity index (χ2n) is 7.70. The first-order valence-corrected chi connectivity index (χ1v) is 9.49. The minimum atomic E-state index is 0.108. The monoisotopic (exact) mass is 330 g/mol. The van der Waals surface area contributed by atoms with E-state index >= 15 is 0 Å². The molecule has 1 unspecified atom stereocenters. The second kappa shape index (κ2) is 8.00. The van der Waals surface area contributed by atoms with E-state index in [0.717, 1.165) is 56.4 Å². The summed E-state index contributed by atoms with van der Waals surface area (Å²) in [5.74, 6) is 2.99. The molecule has 0 spiro atoms. The lowest BCUT2D eigenvalue weighted by atomic mass is 9.76. The molecule has 2 aliphatic rings. The van der Waals surface area contributed by atoms with Gasteiger partial charge < -0.3 is 9.64 Å². The number of carbonyl (C=O) groups is 1. The maximum atomic E-state index is 12.9. The lowest BCUT2D eigenvalue weighted by Crippen LogP contribution is -2.47. The van der Waals surface area contributed by atoms with Crippen LogP contribution in [0.1, 0.15) is 52.4 Å². The fourth-order valence-electron chi connectivity index (χ4n) is 4.13. The SMILES string of the molecule is CC(C)C1CCC(C(=O)N2CCCC(Oc3ccncc3)C2)CC1. The van der Waals surface area contributed by atoms with Gasteiger partial charge in [0, 0.05) is 24.9 Å². The molecular formula is C20H30N2O2. The highest BCUT2D eigenvalue weighted by atomic mass is 16.5. The standard InChI is InChI=1S/C20H30N2O2/c1-15(2)16-5-7-17(8-6-16)20(23)22-13-3-4-19(14-22)24-18-9-11-21-12-10-18/h9-12,15-17,19H,3-8,13-14H2,1-2H3. The predicted octanol–water partition coefficient (Wildman–Crippen LogP) is 3.91. The van der Waals surface area contributed by atoms with Gasteiger partial charge in [-0.2, -0.15) is 0 Å². The predicted molar refractivity (Wildman–Crippen MR) is 94.8 cm³/mol. The third-order valence-electron chi connectivity index (χ3n) is 5.71. The molecule has 3 rings (SSSR count). The van der Waals surface area contributed by atoms with Crippen molar-refractivity contribution in [3.8, 4) is 5.75 Å². The fourth-order valence-corrected chi connectivity index (χ4v) is 4.13. The van der Waals surface area contributed by atoms with Gasteiger partial charge >= 0.3 is 0 Å². The molecule has 1 amide bonds. The largest absolute Gasteiger partial charge is 0.488 e. The summed E-state index contributed by atoms with van der Waals surface area (Å²) >= 11 is 0. The van der Waals surface area contributed by atoms with Gasteiger partial charge in [0.2, 0.25) is 5.91 Å². The molecule has 1 saturated heterocycles. The van der Waals surface area contributed by atoms with Crippen molar-refractivity contribution in [3.63, 3.8) is 0 Å². The lowest BCUT2D eigenvalue weighted by molar-refractivity contribution is -0.139. The molecule has 1 atom stereocenters. The first-order valence-electron chi connectivity index (χ1n) is 9.49. The van der Waals surface area contributed by atoms with E-state index < -0.39 is 0 Å². The summed E-state index contributed by atoms with van der Waals surface area (Å²) < 4.78 is 6.04. The van der Waals surface area contributed by atoms with Crippen LogP contribution in [0, 0.1) is 17.8 Å². The van der Waals surface area contributed by atoms with Crippen LogP contribution < -0.4 is 4.74 Å². The van der Waals surface area contributed by atoms with Crippen LogP contribution in [0.25, 0.3) is 0 Å². The molecule has 2 fully saturated rings. The number of aromatic nitrogens is 1. The summed E-state index contributed by atoms with van der Waals surface area (Å²) in [7, 11) is 0. The van der Waals surface area contributed by atoms with Crippen LogP contribution in [0.5, 0.6) is 5.75 Å². The first kappa shape index (κ1) is 17.2. The maximum absolute atomic E-state index is 12.9. The normalized spacial score (nSPS) is 28.0. The van der Waals surface area contributed by atoms with E-state index in [2.05, 4.69) is 23.7 Å². The van der Waals surface area contributed by atoms with Crippen molar-refractivity contribution in [2.24, 2.45) is 17.8 Å². The number of piperidine rings is 1. The highest BCUT2D eigenvalue weighted by Crippen LogP contribution is 2.34. The molecule has 24 heavy (non-hydrogen) atoms. The van der Waals surface area contributed by atoms with Crippen molar-refractivity contribution >= 4 is 5.91 Å². The molecule has 1 saturated carbocycles. The van der Waals surface area contributed by atoms with Crippen LogP contribution in [0.2, 0.25) is 0 Å². The van der Waals surface area contributed by atoms with Crippen molar-refractivity contribution < 1.29 is 9.53 Å². The minimum absolute atomic E-state index is 0.108. The Morgan fingerprint density at radius 1 is 1.17 bits per heavy atom. The molecule has 2 heterocycles. The average Bonchev–Trinajstić information content (AvgIpc) is 2.62. The molecule has 0 N–H and O–H groups in total. The zero-order chi connectivity index (χ0) is 16.9. The molecule has 1 aliphatic heterocycles. The van der Waals surface area contributed by atoms with E-state index in [1.807, 2.05) is 12.1 Å². The van der Waals surface area contributed by atoms with Gasteiger partial charge in [-0.3, -0.25) is 9.78 Å². The Kier molecular flexibility index (Phi) is 5.75. The van der Waals surface area contributed by atoms with Gasteiger partial charge in [0.05, 0.1) is 6.54 Å². The quantitative estimate of drug-likeness (QED) is 0.840. The number of hydrogen-bond acceptors (Lipinski definition) is 3. The Morgan fingerprint density at radius 3 is 2.54 bits per heavy atom. The average molecular weight is 330 g/mol. The Morgan fingerprint density at radius 2 is 1.88 bits per heavy atom. The van der Waals surface area contributed by atoms with E-state index in [9.17, 15) is 4.79 Å². The summed E-state index contributed by atoms with van der Waals surface area (Å²) in [6.07, 6.45) is 10.2. The first-order chi connectivity index (χ1) is 11.6. The molecule has 132 valence electrons. The Hall–Kier alpha value is -1.58. The Balaban J connectivity index is 1.52. The number of amides is 1. The summed E-state index contributed by atoms with van der Waals surface area (Å²) in [4.78, 5) is 19.0. The Labute approximate surface area is 145 Å². The summed E-state index contributed by atoms with van der Waals surface area (Å²) in [6.45, 7) is 6.22. The zero-order valence-corrected chi connectivity index (χ0v) is 15.0. The molecule has 4 nitrogen and oxygen atoms in total. The van der Waals surface area contributed by atoms with Gasteiger partial charge in [0.25, 0.3) is 0 Å². The summed E-state index contributed by atoms with van der Waals surface area (Å²) in [5, 5.41) is 0. The number of rotatable bonds is 4. The van der Waals surface area contributed by atoms with Crippen LogP contribution in [0.15, 0.2) is 24.5 Å². The zero-order valence-electron chi connectivity index (χ0n) is 15.0. The van der Waals surface area contributed by atoms with Crippen molar-refractivity contribution in [2.75, 3.05) is 13.1 Å². The summed E-state index contributed by atoms with van der Waals surface area (Å²) in [6, 6.07) is 3.77. The van der Waals surface area contributed by atoms with E-state index in [4.69, 9.17) is 4.74 Å². The molecule has 0 radical (unpaired) electrons. The van der Waals surface area contributed by atoms with Gasteiger partial charge in [-0.1, -0.05) is 13.8 Å². The number of pyridine rings is 1. The third-order valence-corrected chi connectivity index (χ3v) is 5.71. The third kappa shape index (κ3) is 4.28. The van der Waals surface area contributed by atoms with Crippen LogP contribution in [-0.4, -0.2) is 35.0 Å². The lowest BCUT2D eigenvalue weighted by Gasteiger charge is -2.37. The van der Waals surface area contributed by atoms with Crippen LogP contribution >= 0.6 is 0 Å². The van der Waals surface area contributed by atoms with Crippen molar-refractivity contribution in [1.29, 1.82) is 0 Å². The summed E-state index contributed by atoms with van der Waals surface area (Å²) in [5.41, 5.74) is 0. The van der Waals surface area contributed by atoms with Gasteiger partial charge in [-0.05, 0) is 62.5 Å². The van der Waals surface area contributed by atoms with Crippen LogP contribution in [-0.2, 0) is 4.79 Å². The molecule has 4 heteroatoms. The molecule has 0 aromatic carbocycles. The van der Waals surface area contributed by atoms with Gasteiger partial charge in [0.1, 0.15) is 11.9 Å². The highest BCUT2D eigenvalue weighted by Gasteiger charge is 2.33. The van der Waals surface area contributed by atoms with Crippen molar-refractivity contribution in [1.82, 2.24) is 9.88 Å². The number of hydrogen-bond donors (Lipinski definition) is 0. The molecule has 1 aromatic rings. The number of likely N-dealkylation sites (tertiary alicyclic amines) is 1. The second-order valence-corrected chi connectivity index (χ2v) is 7.70. The van der Waals surface area contributed by atoms with E-state index in [1.54, 1.807) is 12.4 Å². The fraction of sp³-hybridized carbons (Fsp3) is 0.700. The number of nitrogens with zero attached hydrogens (tertiary/aromatic N) is 2. The van der Waals surface area contributed by atoms with E-state index in [0.29, 0.717) is 5.91 Å². The number of ether oxygens (including phenoxy) is 1. The molecule has 1 aliphatic carbocycles. The van der Waals surface area contributed by atoms with Crippen LogP contribution in [0.3, 0.4) is 0 Å². The smallest absolute Gasteiger partial charge is 0.225 e. The van der Waals surface area contributed by atoms with E-state index in [-0.39, 0.29) is 12.0 Å². The van der Waals surface area contributed by atoms with Crippen LogP contribution in [0.4, 0.5) is 0 Å². The highest BCUT2D eigenvalue weighted by molar-refractivity contribution is 5.79. The molecular weight excluding hydrogens is 300 g/mol. The molecule has 0 bridgehead atoms. The van der Waals surface area contributed by atoms with Gasteiger partial charge in [-0.25, -0.2) is 0 Å². The maximum Gasteiger partial charge on any atom is 0.225 e. The topological polar surface area (TPSA) is 42.4 Å². The van der Waals surface area contributed by atoms with Crippen molar-refractivity contribution in [3.05, 3.63) is 24.5 Å². The van der Waals surface area contributed by atoms with E-state index in [1.165, 1.54) is 12.8 Å². The van der Waals surface area contributed by atoms with Gasteiger partial charge in [0.15, 0.2) is 0 Å². The Bertz CT molecular complexity index is 524.